The van der Waals surface area contributed by atoms with Crippen molar-refractivity contribution in [1.82, 2.24) is 16.0 Å². The first-order valence-corrected chi connectivity index (χ1v) is 21.0. The summed E-state index contributed by atoms with van der Waals surface area (Å²) in [7, 11) is 2.75. The fraction of sp³-hybridized carbons (Fsp3) is 0.455. The molecular formula is C44H49N3O21. The zero-order valence-corrected chi connectivity index (χ0v) is 36.7. The summed E-state index contributed by atoms with van der Waals surface area (Å²) in [6, 6.07) is 0.200. The van der Waals surface area contributed by atoms with Gasteiger partial charge in [0.25, 0.3) is 5.91 Å². The number of phenols is 3. The number of methoxy groups -OCH3 is 1. The van der Waals surface area contributed by atoms with E-state index in [-0.39, 0.29) is 28.0 Å². The number of amides is 2. The number of ketones is 2. The van der Waals surface area contributed by atoms with E-state index < -0.39 is 179 Å². The molecule has 0 bridgehead atoms. The number of carboxylic acids is 2. The van der Waals surface area contributed by atoms with Gasteiger partial charge in [-0.2, -0.15) is 0 Å². The number of hydrogen-bond acceptors (Lipinski definition) is 20. The van der Waals surface area contributed by atoms with Gasteiger partial charge in [0, 0.05) is 28.3 Å². The maximum Gasteiger partial charge on any atom is 0.326 e. The van der Waals surface area contributed by atoms with Crippen LogP contribution in [0.3, 0.4) is 0 Å². The van der Waals surface area contributed by atoms with Gasteiger partial charge < -0.3 is 90.7 Å². The van der Waals surface area contributed by atoms with Gasteiger partial charge in [0.2, 0.25) is 5.91 Å². The van der Waals surface area contributed by atoms with E-state index in [0.29, 0.717) is 0 Å². The molecule has 0 radical (unpaired) electrons. The van der Waals surface area contributed by atoms with Crippen molar-refractivity contribution in [2.75, 3.05) is 20.8 Å². The van der Waals surface area contributed by atoms with Crippen LogP contribution in [0.5, 0.6) is 23.0 Å². The number of aromatic hydroxyl groups is 3. The third-order valence-electron chi connectivity index (χ3n) is 12.4. The molecule has 3 aromatic rings. The molecule has 0 saturated carbocycles. The third kappa shape index (κ3) is 8.59. The lowest BCUT2D eigenvalue weighted by Gasteiger charge is -2.47. The average molecular weight is 956 g/mol. The molecule has 2 heterocycles. The molecule has 68 heavy (non-hydrogen) atoms. The van der Waals surface area contributed by atoms with Gasteiger partial charge in [-0.3, -0.25) is 24.0 Å². The molecule has 13 N–H and O–H groups in total. The highest BCUT2D eigenvalue weighted by atomic mass is 16.7. The number of rotatable bonds is 13. The second-order valence-electron chi connectivity index (χ2n) is 16.8. The number of carboxylic acid groups (broad SMARTS) is 2. The number of aliphatic hydroxyl groups excluding tert-OH is 5. The molecule has 2 amide bonds. The number of hydrogen-bond donors (Lipinski definition) is 13. The predicted octanol–water partition coefficient (Wildman–Crippen LogP) is -1.65. The highest BCUT2D eigenvalue weighted by molar-refractivity contribution is 6.31. The van der Waals surface area contributed by atoms with Crippen molar-refractivity contribution >= 4 is 35.3 Å². The number of carbonyl (C=O) groups is 6. The maximum atomic E-state index is 14.2. The predicted molar refractivity (Wildman–Crippen MR) is 225 cm³/mol. The van der Waals surface area contributed by atoms with E-state index in [0.717, 1.165) is 25.1 Å². The normalized spacial score (nSPS) is 28.2. The van der Waals surface area contributed by atoms with Crippen LogP contribution in [-0.2, 0) is 33.3 Å². The Morgan fingerprint density at radius 2 is 1.46 bits per heavy atom. The Labute approximate surface area is 384 Å². The molecular weight excluding hydrogens is 906 g/mol. The molecule has 0 aromatic heterocycles. The molecule has 0 spiro atoms. The van der Waals surface area contributed by atoms with Crippen LogP contribution in [0.1, 0.15) is 91.4 Å². The van der Waals surface area contributed by atoms with E-state index >= 15 is 0 Å². The first kappa shape index (κ1) is 49.6. The van der Waals surface area contributed by atoms with E-state index in [2.05, 4.69) is 10.6 Å². The fourth-order valence-electron chi connectivity index (χ4n) is 8.97. The van der Waals surface area contributed by atoms with E-state index in [1.165, 1.54) is 27.1 Å². The summed E-state index contributed by atoms with van der Waals surface area (Å²) in [5.41, 5.74) is -4.08. The van der Waals surface area contributed by atoms with Crippen molar-refractivity contribution in [1.29, 1.82) is 0 Å². The van der Waals surface area contributed by atoms with Gasteiger partial charge in [0.1, 0.15) is 77.8 Å². The minimum atomic E-state index is -1.97. The number of aliphatic hydroxyl groups is 5. The summed E-state index contributed by atoms with van der Waals surface area (Å²) in [6.07, 6.45) is -17.1. The lowest BCUT2D eigenvalue weighted by molar-refractivity contribution is -0.339. The van der Waals surface area contributed by atoms with Crippen molar-refractivity contribution in [3.05, 3.63) is 68.8 Å². The van der Waals surface area contributed by atoms with Gasteiger partial charge in [-0.15, -0.1) is 0 Å². The van der Waals surface area contributed by atoms with Crippen molar-refractivity contribution < 1.29 is 104 Å². The Kier molecular flexibility index (Phi) is 13.8. The topological polar surface area (TPSA) is 387 Å². The van der Waals surface area contributed by atoms with Crippen LogP contribution in [-0.4, -0.2) is 174 Å². The Hall–Kier alpha value is -6.32. The van der Waals surface area contributed by atoms with E-state index in [4.69, 9.17) is 28.8 Å². The number of phenolic OH excluding ortho intramolecular Hbond substituents is 3. The molecule has 24 nitrogen and oxygen atoms in total. The molecule has 4 aliphatic rings. The minimum Gasteiger partial charge on any atom is -0.507 e. The van der Waals surface area contributed by atoms with Crippen LogP contribution < -0.4 is 20.7 Å². The minimum absolute atomic E-state index is 0.0231. The van der Waals surface area contributed by atoms with Gasteiger partial charge in [-0.25, -0.2) is 4.79 Å². The second kappa shape index (κ2) is 19.0. The Balaban J connectivity index is 1.33. The number of benzene rings is 3. The van der Waals surface area contributed by atoms with Gasteiger partial charge >= 0.3 is 11.9 Å². The summed E-state index contributed by atoms with van der Waals surface area (Å²) >= 11 is 0. The lowest BCUT2D eigenvalue weighted by Crippen LogP contribution is -2.65. The van der Waals surface area contributed by atoms with Crippen molar-refractivity contribution in [3.63, 3.8) is 0 Å². The maximum absolute atomic E-state index is 14.2. The molecule has 2 aliphatic carbocycles. The van der Waals surface area contributed by atoms with Crippen molar-refractivity contribution in [3.8, 4) is 34.1 Å². The van der Waals surface area contributed by atoms with Gasteiger partial charge in [0.05, 0.1) is 49.0 Å². The second-order valence-corrected chi connectivity index (χ2v) is 16.8. The Bertz CT molecular complexity index is 2580. The van der Waals surface area contributed by atoms with Crippen LogP contribution in [0.2, 0.25) is 0 Å². The largest absolute Gasteiger partial charge is 0.507 e. The van der Waals surface area contributed by atoms with E-state index in [1.54, 1.807) is 6.92 Å². The molecule has 2 aliphatic heterocycles. The lowest BCUT2D eigenvalue weighted by atomic mass is 9.74. The molecule has 24 heteroatoms. The SMILES string of the molecule is CNC1C(C)OC(O[C@H]2c3cc(C)c(C(=O)N[C@H](C)C(=O)N[C@@H](CC(=O)O)C(=O)O)c(O)c3-c3c(cc4c(c3O)C(=O)c3cc(OC)cc(O)c3C4=O)[C@@H]2O)C(O)C1OC1OCC(O)C(O)C1O. The molecule has 13 atom stereocenters. The van der Waals surface area contributed by atoms with Crippen LogP contribution in [0.4, 0.5) is 0 Å². The number of likely N-dealkylation sites (N-methyl/N-ethyl adjacent to an activating group) is 1. The van der Waals surface area contributed by atoms with Gasteiger partial charge in [0.15, 0.2) is 24.1 Å². The number of ether oxygens (including phenoxy) is 5. The molecule has 366 valence electrons. The van der Waals surface area contributed by atoms with E-state index in [1.807, 2.05) is 5.32 Å². The van der Waals surface area contributed by atoms with Gasteiger partial charge in [-0.1, -0.05) is 6.07 Å². The molecule has 9 unspecified atom stereocenters. The molecule has 7 rings (SSSR count). The highest BCUT2D eigenvalue weighted by Crippen LogP contribution is 2.57. The zero-order chi connectivity index (χ0) is 50.0. The van der Waals surface area contributed by atoms with Crippen molar-refractivity contribution in [2.45, 2.75) is 107 Å². The monoisotopic (exact) mass is 955 g/mol. The van der Waals surface area contributed by atoms with Crippen LogP contribution in [0.25, 0.3) is 11.1 Å². The first-order chi connectivity index (χ1) is 32.0. The first-order valence-electron chi connectivity index (χ1n) is 21.0. The number of aryl methyl sites for hydroxylation is 1. The smallest absolute Gasteiger partial charge is 0.326 e. The number of aliphatic carboxylic acids is 2. The fourth-order valence-corrected chi connectivity index (χ4v) is 8.97. The average Bonchev–Trinajstić information content (AvgIpc) is 3.27. The summed E-state index contributed by atoms with van der Waals surface area (Å²) in [5, 5.41) is 116. The highest BCUT2D eigenvalue weighted by Gasteiger charge is 2.51. The van der Waals surface area contributed by atoms with Crippen molar-refractivity contribution in [2.24, 2.45) is 0 Å². The molecule has 2 saturated heterocycles. The summed E-state index contributed by atoms with van der Waals surface area (Å²) in [6.45, 7) is 3.58. The zero-order valence-electron chi connectivity index (χ0n) is 36.7. The van der Waals surface area contributed by atoms with Crippen LogP contribution in [0, 0.1) is 6.92 Å². The van der Waals surface area contributed by atoms with E-state index in [9.17, 15) is 74.7 Å². The number of nitrogens with one attached hydrogen (secondary N) is 3. The molecule has 3 aromatic carbocycles. The molecule has 2 fully saturated rings. The quantitative estimate of drug-likeness (QED) is 0.0714. The van der Waals surface area contributed by atoms with Gasteiger partial charge in [-0.05, 0) is 56.6 Å². The standard InChI is InChI=1S/C44H49N3O21/c1-12-6-19-27(34(56)24(12)41(61)46-13(2)40(60)47-20(42(62)63)10-23(50)51)26-17(9-18-28(35(26)57)31(53)16-7-15(64-5)8-21(48)25(16)30(18)52)32(54)38(19)67-44-37(59)39(29(45-4)14(3)66-44)68-43-36(58)33(55)22(49)11-65-43/h6-9,13-14,20,22,29,32-33,36-39,43-45,48-49,54-59H,10-11H2,1-5H3,(H,46,61)(H,47,60)(H,50,51)(H,62,63)/t13-,14?,20+,22?,29?,32+,33?,36?,37?,38+,39?,43?,44?/m1/s1. The summed E-state index contributed by atoms with van der Waals surface area (Å²) in [4.78, 5) is 78.2. The van der Waals surface area contributed by atoms with Crippen LogP contribution in [0.15, 0.2) is 24.3 Å². The Morgan fingerprint density at radius 3 is 2.09 bits per heavy atom. The number of fused-ring (bicyclic) bond motifs is 5. The van der Waals surface area contributed by atoms with Crippen LogP contribution >= 0.6 is 0 Å². The summed E-state index contributed by atoms with van der Waals surface area (Å²) in [5.74, 6) is -10.0. The third-order valence-corrected chi connectivity index (χ3v) is 12.4. The Morgan fingerprint density at radius 1 is 0.809 bits per heavy atom. The summed E-state index contributed by atoms with van der Waals surface area (Å²) < 4.78 is 29.0. The number of carbonyl (C=O) groups excluding carboxylic acids is 4.